The van der Waals surface area contributed by atoms with Crippen LogP contribution in [0, 0.1) is 0 Å². The van der Waals surface area contributed by atoms with Crippen molar-refractivity contribution in [1.29, 1.82) is 0 Å². The summed E-state index contributed by atoms with van der Waals surface area (Å²) in [6, 6.07) is 5.92. The number of methoxy groups -OCH3 is 1. The zero-order chi connectivity index (χ0) is 15.1. The van der Waals surface area contributed by atoms with Crippen molar-refractivity contribution in [1.82, 2.24) is 4.90 Å². The second kappa shape index (κ2) is 8.05. The molecule has 0 aliphatic rings. The van der Waals surface area contributed by atoms with E-state index in [1.807, 2.05) is 18.2 Å². The summed E-state index contributed by atoms with van der Waals surface area (Å²) in [7, 11) is 1.62. The number of nitrogens with zero attached hydrogens (tertiary/aromatic N) is 1. The van der Waals surface area contributed by atoms with E-state index in [1.54, 1.807) is 7.11 Å². The van der Waals surface area contributed by atoms with Gasteiger partial charge in [-0.2, -0.15) is 0 Å². The molecule has 112 valence electrons. The third-order valence-corrected chi connectivity index (χ3v) is 3.74. The molecule has 0 fully saturated rings. The summed E-state index contributed by atoms with van der Waals surface area (Å²) in [5, 5.41) is 0. The van der Waals surface area contributed by atoms with Gasteiger partial charge in [-0.25, -0.2) is 0 Å². The van der Waals surface area contributed by atoms with Gasteiger partial charge in [0.2, 0.25) is 0 Å². The lowest BCUT2D eigenvalue weighted by Crippen LogP contribution is -2.25. The molecule has 0 radical (unpaired) electrons. The third kappa shape index (κ3) is 4.34. The zero-order valence-corrected chi connectivity index (χ0v) is 13.4. The van der Waals surface area contributed by atoms with E-state index >= 15 is 0 Å². The minimum atomic E-state index is 0.163. The molecule has 0 saturated carbocycles. The molecule has 1 aromatic rings. The number of carbonyl (C=O) groups is 1. The Morgan fingerprint density at radius 1 is 1.25 bits per heavy atom. The van der Waals surface area contributed by atoms with Gasteiger partial charge >= 0.3 is 0 Å². The van der Waals surface area contributed by atoms with Crippen molar-refractivity contribution in [2.24, 2.45) is 0 Å². The fraction of sp³-hybridized carbons (Fsp3) is 0.588. The minimum absolute atomic E-state index is 0.163. The summed E-state index contributed by atoms with van der Waals surface area (Å²) in [6.45, 7) is 11.3. The van der Waals surface area contributed by atoms with Crippen LogP contribution in [0.3, 0.4) is 0 Å². The van der Waals surface area contributed by atoms with Crippen LogP contribution in [0.2, 0.25) is 0 Å². The third-order valence-electron chi connectivity index (χ3n) is 3.74. The van der Waals surface area contributed by atoms with Gasteiger partial charge in [-0.3, -0.25) is 4.79 Å². The Balaban J connectivity index is 2.87. The van der Waals surface area contributed by atoms with Crippen LogP contribution in [-0.4, -0.2) is 37.4 Å². The first kappa shape index (κ1) is 16.7. The molecule has 0 spiro atoms. The van der Waals surface area contributed by atoms with Gasteiger partial charge in [0.15, 0.2) is 5.78 Å². The first-order valence-corrected chi connectivity index (χ1v) is 7.46. The highest BCUT2D eigenvalue weighted by Crippen LogP contribution is 2.25. The van der Waals surface area contributed by atoms with E-state index < -0.39 is 0 Å². The molecule has 1 aromatic carbocycles. The molecule has 0 heterocycles. The van der Waals surface area contributed by atoms with Gasteiger partial charge < -0.3 is 9.64 Å². The maximum absolute atomic E-state index is 12.4. The first-order valence-electron chi connectivity index (χ1n) is 7.46. The Bertz CT molecular complexity index is 437. The molecule has 0 unspecified atom stereocenters. The quantitative estimate of drug-likeness (QED) is 0.678. The van der Waals surface area contributed by atoms with Gasteiger partial charge in [-0.1, -0.05) is 33.8 Å². The normalized spacial score (nSPS) is 11.2. The molecule has 0 aromatic heterocycles. The fourth-order valence-electron chi connectivity index (χ4n) is 2.24. The molecule has 0 N–H and O–H groups in total. The Labute approximate surface area is 122 Å². The number of ether oxygens (including phenoxy) is 1. The lowest BCUT2D eigenvalue weighted by atomic mass is 9.97. The van der Waals surface area contributed by atoms with Crippen molar-refractivity contribution in [3.8, 4) is 5.75 Å². The fourth-order valence-corrected chi connectivity index (χ4v) is 2.24. The van der Waals surface area contributed by atoms with Crippen LogP contribution in [0.25, 0.3) is 0 Å². The second-order valence-electron chi connectivity index (χ2n) is 5.31. The van der Waals surface area contributed by atoms with Gasteiger partial charge in [0, 0.05) is 13.0 Å². The van der Waals surface area contributed by atoms with E-state index in [4.69, 9.17) is 4.74 Å². The number of rotatable bonds is 8. The summed E-state index contributed by atoms with van der Waals surface area (Å²) in [5.41, 5.74) is 1.89. The van der Waals surface area contributed by atoms with Crippen molar-refractivity contribution in [3.63, 3.8) is 0 Å². The van der Waals surface area contributed by atoms with Crippen LogP contribution in [0.1, 0.15) is 56.0 Å². The first-order chi connectivity index (χ1) is 9.53. The summed E-state index contributed by atoms with van der Waals surface area (Å²) in [5.74, 6) is 1.26. The molecule has 0 aliphatic carbocycles. The molecule has 0 amide bonds. The number of ketones is 1. The molecule has 1 rings (SSSR count). The SMILES string of the molecule is CCN(CC)CCC(=O)c1cc(C(C)C)ccc1OC. The Kier molecular flexibility index (Phi) is 6.73. The second-order valence-corrected chi connectivity index (χ2v) is 5.31. The lowest BCUT2D eigenvalue weighted by molar-refractivity contribution is 0.0963. The van der Waals surface area contributed by atoms with Crippen LogP contribution in [0.5, 0.6) is 5.75 Å². The maximum Gasteiger partial charge on any atom is 0.167 e. The largest absolute Gasteiger partial charge is 0.496 e. The smallest absolute Gasteiger partial charge is 0.167 e. The molecule has 3 heteroatoms. The van der Waals surface area contributed by atoms with E-state index in [0.29, 0.717) is 23.7 Å². The van der Waals surface area contributed by atoms with Gasteiger partial charge in [0.05, 0.1) is 12.7 Å². The van der Waals surface area contributed by atoms with E-state index in [-0.39, 0.29) is 5.78 Å². The van der Waals surface area contributed by atoms with E-state index in [0.717, 1.165) is 19.6 Å². The molecule has 3 nitrogen and oxygen atoms in total. The molecule has 0 aliphatic heterocycles. The molecule has 0 saturated heterocycles. The molecule has 0 bridgehead atoms. The zero-order valence-electron chi connectivity index (χ0n) is 13.4. The number of carbonyl (C=O) groups excluding carboxylic acids is 1. The Morgan fingerprint density at radius 2 is 1.90 bits per heavy atom. The lowest BCUT2D eigenvalue weighted by Gasteiger charge is -2.18. The van der Waals surface area contributed by atoms with E-state index in [2.05, 4.69) is 32.6 Å². The van der Waals surface area contributed by atoms with Crippen LogP contribution in [0.15, 0.2) is 18.2 Å². The van der Waals surface area contributed by atoms with Gasteiger partial charge in [0.1, 0.15) is 5.75 Å². The topological polar surface area (TPSA) is 29.5 Å². The predicted octanol–water partition coefficient (Wildman–Crippen LogP) is 3.73. The van der Waals surface area contributed by atoms with Crippen molar-refractivity contribution in [3.05, 3.63) is 29.3 Å². The van der Waals surface area contributed by atoms with E-state index in [1.165, 1.54) is 5.56 Å². The molecular weight excluding hydrogens is 250 g/mol. The van der Waals surface area contributed by atoms with Gasteiger partial charge in [-0.05, 0) is 36.7 Å². The summed E-state index contributed by atoms with van der Waals surface area (Å²) in [4.78, 5) is 14.7. The average molecular weight is 277 g/mol. The Morgan fingerprint density at radius 3 is 2.40 bits per heavy atom. The van der Waals surface area contributed by atoms with Gasteiger partial charge in [-0.15, -0.1) is 0 Å². The molecular formula is C17H27NO2. The number of hydrogen-bond acceptors (Lipinski definition) is 3. The standard InChI is InChI=1S/C17H27NO2/c1-6-18(7-2)11-10-16(19)15-12-14(13(3)4)8-9-17(15)20-5/h8-9,12-13H,6-7,10-11H2,1-5H3. The number of Topliss-reactive ketones (excluding diaryl/α,β-unsaturated/α-hetero) is 1. The highest BCUT2D eigenvalue weighted by atomic mass is 16.5. The van der Waals surface area contributed by atoms with Crippen LogP contribution < -0.4 is 4.74 Å². The number of hydrogen-bond donors (Lipinski definition) is 0. The number of benzene rings is 1. The Hall–Kier alpha value is -1.35. The molecule has 0 atom stereocenters. The van der Waals surface area contributed by atoms with Crippen LogP contribution in [-0.2, 0) is 0 Å². The maximum atomic E-state index is 12.4. The van der Waals surface area contributed by atoms with Gasteiger partial charge in [0.25, 0.3) is 0 Å². The highest BCUT2D eigenvalue weighted by Gasteiger charge is 2.15. The highest BCUT2D eigenvalue weighted by molar-refractivity contribution is 5.99. The van der Waals surface area contributed by atoms with Crippen molar-refractivity contribution < 1.29 is 9.53 Å². The summed E-state index contributed by atoms with van der Waals surface area (Å²) in [6.07, 6.45) is 0.541. The summed E-state index contributed by atoms with van der Waals surface area (Å²) >= 11 is 0. The van der Waals surface area contributed by atoms with Crippen molar-refractivity contribution in [2.45, 2.75) is 40.0 Å². The van der Waals surface area contributed by atoms with Crippen molar-refractivity contribution in [2.75, 3.05) is 26.7 Å². The van der Waals surface area contributed by atoms with Crippen molar-refractivity contribution >= 4 is 5.78 Å². The van der Waals surface area contributed by atoms with E-state index in [9.17, 15) is 4.79 Å². The monoisotopic (exact) mass is 277 g/mol. The minimum Gasteiger partial charge on any atom is -0.496 e. The van der Waals surface area contributed by atoms with Crippen LogP contribution >= 0.6 is 0 Å². The average Bonchev–Trinajstić information content (AvgIpc) is 2.47. The molecule has 20 heavy (non-hydrogen) atoms. The summed E-state index contributed by atoms with van der Waals surface area (Å²) < 4.78 is 5.33. The van der Waals surface area contributed by atoms with Crippen LogP contribution in [0.4, 0.5) is 0 Å². The predicted molar refractivity (Wildman–Crippen MR) is 83.8 cm³/mol.